The Bertz CT molecular complexity index is 133. The Morgan fingerprint density at radius 1 is 1.15 bits per heavy atom. The molecule has 1 nitrogen and oxygen atoms in total. The van der Waals surface area contributed by atoms with E-state index in [0.29, 0.717) is 6.54 Å². The van der Waals surface area contributed by atoms with Gasteiger partial charge < -0.3 is 5.32 Å². The van der Waals surface area contributed by atoms with Gasteiger partial charge in [0.2, 0.25) is 0 Å². The fourth-order valence-electron chi connectivity index (χ4n) is 1.32. The van der Waals surface area contributed by atoms with Gasteiger partial charge in [0, 0.05) is 0 Å². The van der Waals surface area contributed by atoms with Gasteiger partial charge in [-0.05, 0) is 18.9 Å². The third kappa shape index (κ3) is 11.5. The van der Waals surface area contributed by atoms with Crippen LogP contribution in [0.1, 0.15) is 46.0 Å². The van der Waals surface area contributed by atoms with Crippen molar-refractivity contribution in [2.24, 2.45) is 5.92 Å². The lowest BCUT2D eigenvalue weighted by atomic mass is 10.0. The maximum atomic E-state index is 5.11. The number of rotatable bonds is 8. The molecule has 0 radical (unpaired) electrons. The van der Waals surface area contributed by atoms with Crippen LogP contribution in [-0.2, 0) is 0 Å². The van der Waals surface area contributed by atoms with E-state index in [1.807, 2.05) is 0 Å². The molecule has 1 heteroatoms. The molecule has 0 unspecified atom stereocenters. The van der Waals surface area contributed by atoms with Gasteiger partial charge in [-0.2, -0.15) is 0 Å². The van der Waals surface area contributed by atoms with Crippen LogP contribution in [0, 0.1) is 18.3 Å². The molecule has 0 amide bonds. The molecule has 0 aromatic heterocycles. The molecule has 0 atom stereocenters. The normalized spacial score (nSPS) is 10.3. The first-order valence-corrected chi connectivity index (χ1v) is 5.41. The van der Waals surface area contributed by atoms with Gasteiger partial charge in [0.05, 0.1) is 6.54 Å². The summed E-state index contributed by atoms with van der Waals surface area (Å²) in [6.07, 6.45) is 11.8. The zero-order chi connectivity index (χ0) is 9.94. The lowest BCUT2D eigenvalue weighted by Crippen LogP contribution is -2.14. The first kappa shape index (κ1) is 12.5. The van der Waals surface area contributed by atoms with Crippen molar-refractivity contribution in [3.8, 4) is 12.3 Å². The Labute approximate surface area is 83.3 Å². The quantitative estimate of drug-likeness (QED) is 0.448. The van der Waals surface area contributed by atoms with Crippen LogP contribution in [0.25, 0.3) is 0 Å². The van der Waals surface area contributed by atoms with Crippen molar-refractivity contribution in [3.05, 3.63) is 0 Å². The molecule has 76 valence electrons. The predicted octanol–water partition coefficient (Wildman–Crippen LogP) is 2.82. The van der Waals surface area contributed by atoms with Crippen LogP contribution in [-0.4, -0.2) is 13.1 Å². The van der Waals surface area contributed by atoms with Gasteiger partial charge in [-0.25, -0.2) is 0 Å². The van der Waals surface area contributed by atoms with Crippen molar-refractivity contribution in [1.82, 2.24) is 5.32 Å². The molecule has 0 saturated heterocycles. The summed E-state index contributed by atoms with van der Waals surface area (Å²) in [7, 11) is 0. The highest BCUT2D eigenvalue weighted by Crippen LogP contribution is 2.08. The highest BCUT2D eigenvalue weighted by molar-refractivity contribution is 4.86. The number of nitrogens with one attached hydrogen (secondary N) is 1. The minimum atomic E-state index is 0.714. The Balaban J connectivity index is 2.88. The lowest BCUT2D eigenvalue weighted by Gasteiger charge is -2.04. The van der Waals surface area contributed by atoms with Gasteiger partial charge in [-0.15, -0.1) is 6.42 Å². The maximum Gasteiger partial charge on any atom is 0.0573 e. The number of hydrogen-bond donors (Lipinski definition) is 1. The number of terminal acetylenes is 1. The van der Waals surface area contributed by atoms with Crippen LogP contribution in [0.15, 0.2) is 0 Å². The summed E-state index contributed by atoms with van der Waals surface area (Å²) in [5, 5.41) is 3.20. The lowest BCUT2D eigenvalue weighted by molar-refractivity contribution is 0.515. The van der Waals surface area contributed by atoms with E-state index in [4.69, 9.17) is 6.42 Å². The number of unbranched alkanes of at least 4 members (excludes halogenated alkanes) is 3. The summed E-state index contributed by atoms with van der Waals surface area (Å²) in [6.45, 7) is 6.36. The second-order valence-electron chi connectivity index (χ2n) is 3.98. The molecular formula is C12H23N. The Morgan fingerprint density at radius 3 is 2.46 bits per heavy atom. The van der Waals surface area contributed by atoms with E-state index >= 15 is 0 Å². The molecule has 0 aliphatic carbocycles. The minimum Gasteiger partial charge on any atom is -0.306 e. The van der Waals surface area contributed by atoms with Crippen molar-refractivity contribution in [2.45, 2.75) is 46.0 Å². The molecule has 0 spiro atoms. The van der Waals surface area contributed by atoms with Crippen LogP contribution in [0.5, 0.6) is 0 Å². The largest absolute Gasteiger partial charge is 0.306 e. The number of hydrogen-bond acceptors (Lipinski definition) is 1. The van der Waals surface area contributed by atoms with E-state index in [1.54, 1.807) is 0 Å². The smallest absolute Gasteiger partial charge is 0.0573 e. The van der Waals surface area contributed by atoms with Crippen molar-refractivity contribution >= 4 is 0 Å². The topological polar surface area (TPSA) is 12.0 Å². The Morgan fingerprint density at radius 2 is 1.85 bits per heavy atom. The van der Waals surface area contributed by atoms with Crippen molar-refractivity contribution in [3.63, 3.8) is 0 Å². The zero-order valence-corrected chi connectivity index (χ0v) is 9.10. The maximum absolute atomic E-state index is 5.11. The average molecular weight is 181 g/mol. The predicted molar refractivity (Wildman–Crippen MR) is 59.6 cm³/mol. The molecule has 0 saturated carbocycles. The molecule has 0 heterocycles. The standard InChI is InChI=1S/C12H23N/c1-4-10-13-11-8-6-5-7-9-12(2)3/h1,12-13H,5-11H2,2-3H3. The van der Waals surface area contributed by atoms with Gasteiger partial charge in [0.1, 0.15) is 0 Å². The molecule has 0 rings (SSSR count). The molecule has 0 aliphatic heterocycles. The van der Waals surface area contributed by atoms with Gasteiger partial charge in [0.25, 0.3) is 0 Å². The highest BCUT2D eigenvalue weighted by atomic mass is 14.8. The Hall–Kier alpha value is -0.480. The van der Waals surface area contributed by atoms with Gasteiger partial charge in [-0.1, -0.05) is 45.5 Å². The molecule has 1 N–H and O–H groups in total. The van der Waals surface area contributed by atoms with Crippen molar-refractivity contribution < 1.29 is 0 Å². The second-order valence-corrected chi connectivity index (χ2v) is 3.98. The molecule has 0 bridgehead atoms. The first-order valence-electron chi connectivity index (χ1n) is 5.41. The second kappa shape index (κ2) is 9.61. The van der Waals surface area contributed by atoms with Crippen LogP contribution >= 0.6 is 0 Å². The molecule has 0 aromatic rings. The van der Waals surface area contributed by atoms with Gasteiger partial charge in [0.15, 0.2) is 0 Å². The molecule has 0 fully saturated rings. The monoisotopic (exact) mass is 181 g/mol. The highest BCUT2D eigenvalue weighted by Gasteiger charge is 1.93. The van der Waals surface area contributed by atoms with Crippen LogP contribution in [0.2, 0.25) is 0 Å². The summed E-state index contributed by atoms with van der Waals surface area (Å²) < 4.78 is 0. The average Bonchev–Trinajstić information content (AvgIpc) is 2.09. The Kier molecular flexibility index (Phi) is 9.25. The summed E-state index contributed by atoms with van der Waals surface area (Å²) in [5.41, 5.74) is 0. The van der Waals surface area contributed by atoms with E-state index < -0.39 is 0 Å². The molecule has 0 aliphatic rings. The fraction of sp³-hybridized carbons (Fsp3) is 0.833. The van der Waals surface area contributed by atoms with E-state index in [9.17, 15) is 0 Å². The third-order valence-electron chi connectivity index (χ3n) is 2.11. The summed E-state index contributed by atoms with van der Waals surface area (Å²) >= 11 is 0. The van der Waals surface area contributed by atoms with Gasteiger partial charge in [-0.3, -0.25) is 0 Å². The summed E-state index contributed by atoms with van der Waals surface area (Å²) in [5.74, 6) is 3.43. The van der Waals surface area contributed by atoms with Crippen LogP contribution in [0.3, 0.4) is 0 Å². The van der Waals surface area contributed by atoms with E-state index in [-0.39, 0.29) is 0 Å². The summed E-state index contributed by atoms with van der Waals surface area (Å²) in [6, 6.07) is 0. The SMILES string of the molecule is C#CCNCCCCCCC(C)C. The van der Waals surface area contributed by atoms with E-state index in [1.165, 1.54) is 32.1 Å². The molecular weight excluding hydrogens is 158 g/mol. The van der Waals surface area contributed by atoms with Crippen molar-refractivity contribution in [1.29, 1.82) is 0 Å². The minimum absolute atomic E-state index is 0.714. The van der Waals surface area contributed by atoms with Crippen molar-refractivity contribution in [2.75, 3.05) is 13.1 Å². The van der Waals surface area contributed by atoms with E-state index in [0.717, 1.165) is 12.5 Å². The van der Waals surface area contributed by atoms with Gasteiger partial charge >= 0.3 is 0 Å². The van der Waals surface area contributed by atoms with Crippen LogP contribution in [0.4, 0.5) is 0 Å². The molecule has 0 aromatic carbocycles. The van der Waals surface area contributed by atoms with Crippen LogP contribution < -0.4 is 5.32 Å². The fourth-order valence-corrected chi connectivity index (χ4v) is 1.32. The third-order valence-corrected chi connectivity index (χ3v) is 2.11. The van der Waals surface area contributed by atoms with E-state index in [2.05, 4.69) is 25.1 Å². The molecule has 13 heavy (non-hydrogen) atoms. The zero-order valence-electron chi connectivity index (χ0n) is 9.10. The summed E-state index contributed by atoms with van der Waals surface area (Å²) in [4.78, 5) is 0. The first-order chi connectivity index (χ1) is 6.27.